The Labute approximate surface area is 139 Å². The highest BCUT2D eigenvalue weighted by Crippen LogP contribution is 2.31. The van der Waals surface area contributed by atoms with Crippen LogP contribution in [0.15, 0.2) is 11.7 Å². The Bertz CT molecular complexity index is 723. The third kappa shape index (κ3) is 2.68. The molecule has 0 spiro atoms. The van der Waals surface area contributed by atoms with Crippen LogP contribution in [0.2, 0.25) is 0 Å². The summed E-state index contributed by atoms with van der Waals surface area (Å²) < 4.78 is 7.65. The van der Waals surface area contributed by atoms with E-state index in [2.05, 4.69) is 10.2 Å². The van der Waals surface area contributed by atoms with Gasteiger partial charge < -0.3 is 14.2 Å². The van der Waals surface area contributed by atoms with E-state index in [1.807, 2.05) is 21.9 Å². The highest BCUT2D eigenvalue weighted by molar-refractivity contribution is 7.10. The molecule has 122 valence electrons. The Morgan fingerprint density at radius 1 is 1.39 bits per heavy atom. The normalized spacial score (nSPS) is 21.3. The minimum absolute atomic E-state index is 0.139. The van der Waals surface area contributed by atoms with Crippen LogP contribution in [0.1, 0.15) is 45.6 Å². The van der Waals surface area contributed by atoms with Crippen molar-refractivity contribution in [3.8, 4) is 0 Å². The van der Waals surface area contributed by atoms with Crippen molar-refractivity contribution in [2.45, 2.75) is 31.8 Å². The zero-order valence-electron chi connectivity index (χ0n) is 13.2. The maximum absolute atomic E-state index is 13.0. The van der Waals surface area contributed by atoms with Gasteiger partial charge in [-0.05, 0) is 31.2 Å². The first-order chi connectivity index (χ1) is 11.2. The van der Waals surface area contributed by atoms with Gasteiger partial charge >= 0.3 is 0 Å². The Morgan fingerprint density at radius 2 is 2.26 bits per heavy atom. The van der Waals surface area contributed by atoms with Crippen molar-refractivity contribution < 1.29 is 9.53 Å². The second kappa shape index (κ2) is 6.05. The molecule has 1 saturated heterocycles. The van der Waals surface area contributed by atoms with Crippen molar-refractivity contribution in [3.05, 3.63) is 33.5 Å². The van der Waals surface area contributed by atoms with Crippen LogP contribution >= 0.6 is 11.3 Å². The third-order valence-corrected chi connectivity index (χ3v) is 5.77. The molecule has 23 heavy (non-hydrogen) atoms. The minimum Gasteiger partial charge on any atom is -0.366 e. The number of thiophene rings is 1. The molecule has 0 unspecified atom stereocenters. The number of aromatic nitrogens is 3. The molecular formula is C16H20N4O2S. The average molecular weight is 332 g/mol. The van der Waals surface area contributed by atoms with Crippen LogP contribution in [0.5, 0.6) is 0 Å². The van der Waals surface area contributed by atoms with E-state index in [1.165, 1.54) is 23.3 Å². The van der Waals surface area contributed by atoms with Crippen LogP contribution < -0.4 is 0 Å². The molecule has 2 aliphatic rings. The summed E-state index contributed by atoms with van der Waals surface area (Å²) in [6, 6.07) is 0. The Hall–Kier alpha value is -1.73. The van der Waals surface area contributed by atoms with Gasteiger partial charge in [0.1, 0.15) is 12.4 Å². The summed E-state index contributed by atoms with van der Waals surface area (Å²) in [6.07, 6.45) is 6.06. The number of morpholine rings is 1. The van der Waals surface area contributed by atoms with Gasteiger partial charge in [-0.2, -0.15) is 0 Å². The van der Waals surface area contributed by atoms with E-state index in [-0.39, 0.29) is 12.0 Å². The number of hydrogen-bond acceptors (Lipinski definition) is 5. The second-order valence-electron chi connectivity index (χ2n) is 6.17. The summed E-state index contributed by atoms with van der Waals surface area (Å²) in [5.41, 5.74) is 2.19. The quantitative estimate of drug-likeness (QED) is 0.843. The van der Waals surface area contributed by atoms with Crippen LogP contribution in [0, 0.1) is 0 Å². The monoisotopic (exact) mass is 332 g/mol. The van der Waals surface area contributed by atoms with E-state index in [4.69, 9.17) is 4.74 Å². The van der Waals surface area contributed by atoms with Crippen molar-refractivity contribution in [1.82, 2.24) is 19.7 Å². The third-order valence-electron chi connectivity index (χ3n) is 4.68. The second-order valence-corrected chi connectivity index (χ2v) is 7.13. The van der Waals surface area contributed by atoms with Crippen LogP contribution in [-0.4, -0.2) is 45.3 Å². The largest absolute Gasteiger partial charge is 0.366 e. The van der Waals surface area contributed by atoms with Gasteiger partial charge in [0.2, 0.25) is 0 Å². The van der Waals surface area contributed by atoms with Gasteiger partial charge in [0.25, 0.3) is 5.91 Å². The summed E-state index contributed by atoms with van der Waals surface area (Å²) in [5.74, 6) is 0.912. The van der Waals surface area contributed by atoms with E-state index in [0.29, 0.717) is 19.7 Å². The van der Waals surface area contributed by atoms with Crippen LogP contribution in [0.4, 0.5) is 0 Å². The number of hydrogen-bond donors (Lipinski definition) is 0. The van der Waals surface area contributed by atoms with Crippen LogP contribution in [0.3, 0.4) is 0 Å². The molecular weight excluding hydrogens is 312 g/mol. The van der Waals surface area contributed by atoms with E-state index < -0.39 is 0 Å². The van der Waals surface area contributed by atoms with Gasteiger partial charge in [0.15, 0.2) is 5.82 Å². The number of amides is 1. The lowest BCUT2D eigenvalue weighted by atomic mass is 9.95. The zero-order valence-corrected chi connectivity index (χ0v) is 14.0. The molecule has 1 atom stereocenters. The number of fused-ring (bicyclic) bond motifs is 1. The molecule has 0 N–H and O–H groups in total. The smallest absolute Gasteiger partial charge is 0.255 e. The van der Waals surface area contributed by atoms with Crippen LogP contribution in [-0.2, 0) is 24.6 Å². The van der Waals surface area contributed by atoms with Gasteiger partial charge in [-0.15, -0.1) is 21.5 Å². The standard InChI is InChI=1S/C16H20N4O2S/c1-19-10-17-18-15(19)13-8-20(6-7-22-13)16(21)12-9-23-14-5-3-2-4-11(12)14/h9-10,13H,2-8H2,1H3/t13-/m1/s1. The van der Waals surface area contributed by atoms with Gasteiger partial charge in [-0.1, -0.05) is 0 Å². The highest BCUT2D eigenvalue weighted by atomic mass is 32.1. The number of carbonyl (C=O) groups excluding carboxylic acids is 1. The molecule has 0 saturated carbocycles. The summed E-state index contributed by atoms with van der Waals surface area (Å²) in [6.45, 7) is 1.71. The molecule has 0 aromatic carbocycles. The molecule has 6 nitrogen and oxygen atoms in total. The average Bonchev–Trinajstić information content (AvgIpc) is 3.20. The number of nitrogens with zero attached hydrogens (tertiary/aromatic N) is 4. The summed E-state index contributed by atoms with van der Waals surface area (Å²) in [4.78, 5) is 16.3. The minimum atomic E-state index is -0.199. The SMILES string of the molecule is Cn1cnnc1[C@H]1CN(C(=O)c2csc3c2CCCC3)CCO1. The Balaban J connectivity index is 1.54. The molecule has 1 aliphatic heterocycles. The van der Waals surface area contributed by atoms with Crippen molar-refractivity contribution >= 4 is 17.2 Å². The number of ether oxygens (including phenoxy) is 1. The lowest BCUT2D eigenvalue weighted by Crippen LogP contribution is -2.43. The molecule has 0 bridgehead atoms. The van der Waals surface area contributed by atoms with Gasteiger partial charge in [0, 0.05) is 23.8 Å². The predicted octanol–water partition coefficient (Wildman–Crippen LogP) is 1.97. The fourth-order valence-corrected chi connectivity index (χ4v) is 4.54. The fraction of sp³-hybridized carbons (Fsp3) is 0.562. The lowest BCUT2D eigenvalue weighted by molar-refractivity contribution is -0.0281. The van der Waals surface area contributed by atoms with E-state index in [9.17, 15) is 4.79 Å². The molecule has 1 amide bonds. The molecule has 1 aliphatic carbocycles. The van der Waals surface area contributed by atoms with Gasteiger partial charge in [-0.3, -0.25) is 4.79 Å². The molecule has 2 aromatic rings. The zero-order chi connectivity index (χ0) is 15.8. The molecule has 4 rings (SSSR count). The summed E-state index contributed by atoms with van der Waals surface area (Å²) in [7, 11) is 1.90. The number of carbonyl (C=O) groups is 1. The van der Waals surface area contributed by atoms with Gasteiger partial charge in [-0.25, -0.2) is 0 Å². The molecule has 1 fully saturated rings. The first kappa shape index (κ1) is 14.8. The molecule has 3 heterocycles. The maximum atomic E-state index is 13.0. The molecule has 2 aromatic heterocycles. The van der Waals surface area contributed by atoms with Crippen LogP contribution in [0.25, 0.3) is 0 Å². The Kier molecular flexibility index (Phi) is 3.90. The maximum Gasteiger partial charge on any atom is 0.255 e. The lowest BCUT2D eigenvalue weighted by Gasteiger charge is -2.32. The van der Waals surface area contributed by atoms with Gasteiger partial charge in [0.05, 0.1) is 18.7 Å². The van der Waals surface area contributed by atoms with Crippen molar-refractivity contribution in [1.29, 1.82) is 0 Å². The topological polar surface area (TPSA) is 60.2 Å². The molecule has 7 heteroatoms. The van der Waals surface area contributed by atoms with E-state index >= 15 is 0 Å². The summed E-state index contributed by atoms with van der Waals surface area (Å²) >= 11 is 1.74. The Morgan fingerprint density at radius 3 is 3.09 bits per heavy atom. The highest BCUT2D eigenvalue weighted by Gasteiger charge is 2.31. The fourth-order valence-electron chi connectivity index (χ4n) is 3.42. The number of aryl methyl sites for hydroxylation is 2. The van der Waals surface area contributed by atoms with E-state index in [1.54, 1.807) is 17.7 Å². The van der Waals surface area contributed by atoms with Crippen molar-refractivity contribution in [2.75, 3.05) is 19.7 Å². The predicted molar refractivity (Wildman–Crippen MR) is 86.6 cm³/mol. The first-order valence-corrected chi connectivity index (χ1v) is 8.96. The number of rotatable bonds is 2. The van der Waals surface area contributed by atoms with Crippen molar-refractivity contribution in [2.24, 2.45) is 7.05 Å². The first-order valence-electron chi connectivity index (χ1n) is 8.08. The van der Waals surface area contributed by atoms with Crippen molar-refractivity contribution in [3.63, 3.8) is 0 Å². The molecule has 0 radical (unpaired) electrons. The summed E-state index contributed by atoms with van der Waals surface area (Å²) in [5, 5.41) is 10.1. The van der Waals surface area contributed by atoms with E-state index in [0.717, 1.165) is 24.2 Å².